The molecule has 0 atom stereocenters. The van der Waals surface area contributed by atoms with E-state index in [1.807, 2.05) is 0 Å². The van der Waals surface area contributed by atoms with E-state index < -0.39 is 0 Å². The number of hydrogen-bond acceptors (Lipinski definition) is 1. The van der Waals surface area contributed by atoms with E-state index in [2.05, 4.69) is 27.8 Å². The van der Waals surface area contributed by atoms with E-state index in [4.69, 9.17) is 0 Å². The van der Waals surface area contributed by atoms with Crippen molar-refractivity contribution in [3.8, 4) is 0 Å². The SMILES string of the molecule is C=C(Br)CNCC1CCCCCC1. The van der Waals surface area contributed by atoms with Crippen LogP contribution in [0.3, 0.4) is 0 Å². The van der Waals surface area contributed by atoms with E-state index in [1.54, 1.807) is 0 Å². The summed E-state index contributed by atoms with van der Waals surface area (Å²) in [5.41, 5.74) is 0. The first-order valence-electron chi connectivity index (χ1n) is 5.33. The minimum Gasteiger partial charge on any atom is -0.312 e. The molecule has 1 saturated carbocycles. The fourth-order valence-corrected chi connectivity index (χ4v) is 2.18. The Labute approximate surface area is 90.1 Å². The molecule has 0 bridgehead atoms. The minimum atomic E-state index is 0.911. The number of rotatable bonds is 4. The lowest BCUT2D eigenvalue weighted by Crippen LogP contribution is -2.23. The maximum absolute atomic E-state index is 3.81. The molecule has 0 saturated heterocycles. The van der Waals surface area contributed by atoms with Gasteiger partial charge in [0.25, 0.3) is 0 Å². The van der Waals surface area contributed by atoms with Crippen molar-refractivity contribution in [2.24, 2.45) is 5.92 Å². The second-order valence-corrected chi connectivity index (χ2v) is 5.13. The lowest BCUT2D eigenvalue weighted by atomic mass is 10.0. The van der Waals surface area contributed by atoms with Crippen LogP contribution in [0.25, 0.3) is 0 Å². The quantitative estimate of drug-likeness (QED) is 0.749. The summed E-state index contributed by atoms with van der Waals surface area (Å²) in [6.45, 7) is 5.89. The predicted molar refractivity (Wildman–Crippen MR) is 62.1 cm³/mol. The summed E-state index contributed by atoms with van der Waals surface area (Å²) in [4.78, 5) is 0. The summed E-state index contributed by atoms with van der Waals surface area (Å²) in [5.74, 6) is 0.911. The van der Waals surface area contributed by atoms with Gasteiger partial charge >= 0.3 is 0 Å². The Hall–Kier alpha value is 0.180. The molecule has 1 N–H and O–H groups in total. The molecular weight excluding hydrogens is 226 g/mol. The molecule has 0 spiro atoms. The van der Waals surface area contributed by atoms with Crippen LogP contribution in [0.15, 0.2) is 11.1 Å². The van der Waals surface area contributed by atoms with Crippen molar-refractivity contribution in [3.05, 3.63) is 11.1 Å². The van der Waals surface area contributed by atoms with Crippen LogP contribution < -0.4 is 5.32 Å². The molecule has 1 rings (SSSR count). The number of halogens is 1. The molecule has 0 unspecified atom stereocenters. The Kier molecular flexibility index (Phi) is 5.72. The maximum atomic E-state index is 3.81. The highest BCUT2D eigenvalue weighted by atomic mass is 79.9. The second-order valence-electron chi connectivity index (χ2n) is 4.01. The van der Waals surface area contributed by atoms with Gasteiger partial charge in [0.15, 0.2) is 0 Å². The first kappa shape index (κ1) is 11.3. The van der Waals surface area contributed by atoms with Crippen LogP contribution in [-0.2, 0) is 0 Å². The average molecular weight is 246 g/mol. The minimum absolute atomic E-state index is 0.911. The largest absolute Gasteiger partial charge is 0.312 e. The molecule has 1 aliphatic rings. The average Bonchev–Trinajstić information content (AvgIpc) is 2.32. The molecule has 0 amide bonds. The van der Waals surface area contributed by atoms with Crippen molar-refractivity contribution in [2.45, 2.75) is 38.5 Å². The highest BCUT2D eigenvalue weighted by Crippen LogP contribution is 2.22. The first-order chi connectivity index (χ1) is 6.29. The van der Waals surface area contributed by atoms with E-state index >= 15 is 0 Å². The summed E-state index contributed by atoms with van der Waals surface area (Å²) in [7, 11) is 0. The standard InChI is InChI=1S/C11H20BrN/c1-10(12)8-13-9-11-6-4-2-3-5-7-11/h11,13H,1-9H2. The van der Waals surface area contributed by atoms with E-state index in [9.17, 15) is 0 Å². The zero-order chi connectivity index (χ0) is 9.52. The smallest absolute Gasteiger partial charge is 0.0265 e. The molecule has 0 aliphatic heterocycles. The van der Waals surface area contributed by atoms with Gasteiger partial charge in [-0.2, -0.15) is 0 Å². The van der Waals surface area contributed by atoms with Crippen LogP contribution in [-0.4, -0.2) is 13.1 Å². The molecule has 0 aromatic rings. The Morgan fingerprint density at radius 1 is 1.23 bits per heavy atom. The molecule has 0 aromatic heterocycles. The van der Waals surface area contributed by atoms with Crippen molar-refractivity contribution in [3.63, 3.8) is 0 Å². The molecule has 0 radical (unpaired) electrons. The van der Waals surface area contributed by atoms with E-state index in [0.29, 0.717) is 0 Å². The van der Waals surface area contributed by atoms with Crippen molar-refractivity contribution in [1.29, 1.82) is 0 Å². The molecule has 0 aromatic carbocycles. The third-order valence-electron chi connectivity index (χ3n) is 2.72. The zero-order valence-electron chi connectivity index (χ0n) is 8.32. The Morgan fingerprint density at radius 2 is 1.85 bits per heavy atom. The van der Waals surface area contributed by atoms with E-state index in [-0.39, 0.29) is 0 Å². The van der Waals surface area contributed by atoms with Crippen molar-refractivity contribution in [1.82, 2.24) is 5.32 Å². The summed E-state index contributed by atoms with van der Waals surface area (Å²) in [5, 5.41) is 3.44. The van der Waals surface area contributed by atoms with E-state index in [1.165, 1.54) is 45.1 Å². The number of nitrogens with one attached hydrogen (secondary N) is 1. The monoisotopic (exact) mass is 245 g/mol. The molecule has 1 aliphatic carbocycles. The van der Waals surface area contributed by atoms with Gasteiger partial charge in [0.1, 0.15) is 0 Å². The van der Waals surface area contributed by atoms with Crippen LogP contribution in [0, 0.1) is 5.92 Å². The van der Waals surface area contributed by atoms with Gasteiger partial charge in [-0.25, -0.2) is 0 Å². The van der Waals surface area contributed by atoms with Crippen LogP contribution >= 0.6 is 15.9 Å². The van der Waals surface area contributed by atoms with Gasteiger partial charge in [-0.15, -0.1) is 0 Å². The first-order valence-corrected chi connectivity index (χ1v) is 6.12. The van der Waals surface area contributed by atoms with Crippen LogP contribution in [0.5, 0.6) is 0 Å². The Balaban J connectivity index is 2.08. The van der Waals surface area contributed by atoms with Crippen molar-refractivity contribution in [2.75, 3.05) is 13.1 Å². The highest BCUT2D eigenvalue weighted by molar-refractivity contribution is 9.11. The topological polar surface area (TPSA) is 12.0 Å². The van der Waals surface area contributed by atoms with Crippen molar-refractivity contribution >= 4 is 15.9 Å². The van der Waals surface area contributed by atoms with Crippen LogP contribution in [0.2, 0.25) is 0 Å². The summed E-state index contributed by atoms with van der Waals surface area (Å²) >= 11 is 3.36. The van der Waals surface area contributed by atoms with Crippen molar-refractivity contribution < 1.29 is 0 Å². The van der Waals surface area contributed by atoms with Gasteiger partial charge in [-0.1, -0.05) is 48.2 Å². The molecule has 1 fully saturated rings. The molecule has 0 heterocycles. The van der Waals surface area contributed by atoms with Gasteiger partial charge in [0, 0.05) is 11.0 Å². The molecule has 1 nitrogen and oxygen atoms in total. The fourth-order valence-electron chi connectivity index (χ4n) is 1.98. The lowest BCUT2D eigenvalue weighted by Gasteiger charge is -2.14. The third-order valence-corrected chi connectivity index (χ3v) is 3.00. The fraction of sp³-hybridized carbons (Fsp3) is 0.818. The zero-order valence-corrected chi connectivity index (χ0v) is 9.91. The Bertz CT molecular complexity index is 148. The summed E-state index contributed by atoms with van der Waals surface area (Å²) in [6, 6.07) is 0. The van der Waals surface area contributed by atoms with Gasteiger partial charge < -0.3 is 5.32 Å². The molecule has 2 heteroatoms. The summed E-state index contributed by atoms with van der Waals surface area (Å²) < 4.78 is 1.06. The molecular formula is C11H20BrN. The molecule has 13 heavy (non-hydrogen) atoms. The van der Waals surface area contributed by atoms with E-state index in [0.717, 1.165) is 16.9 Å². The molecule has 76 valence electrons. The Morgan fingerprint density at radius 3 is 2.38 bits per heavy atom. The van der Waals surface area contributed by atoms with Gasteiger partial charge in [0.05, 0.1) is 0 Å². The lowest BCUT2D eigenvalue weighted by molar-refractivity contribution is 0.434. The highest BCUT2D eigenvalue weighted by Gasteiger charge is 2.11. The van der Waals surface area contributed by atoms with Gasteiger partial charge in [0.2, 0.25) is 0 Å². The normalized spacial score (nSPS) is 19.8. The van der Waals surface area contributed by atoms with Crippen LogP contribution in [0.4, 0.5) is 0 Å². The van der Waals surface area contributed by atoms with Gasteiger partial charge in [-0.05, 0) is 25.3 Å². The predicted octanol–water partition coefficient (Wildman–Crippen LogP) is 3.46. The summed E-state index contributed by atoms with van der Waals surface area (Å²) in [6.07, 6.45) is 8.59. The number of hydrogen-bond donors (Lipinski definition) is 1. The van der Waals surface area contributed by atoms with Gasteiger partial charge in [-0.3, -0.25) is 0 Å². The second kappa shape index (κ2) is 6.61. The third kappa shape index (κ3) is 5.48. The van der Waals surface area contributed by atoms with Crippen LogP contribution in [0.1, 0.15) is 38.5 Å². The maximum Gasteiger partial charge on any atom is 0.0265 e.